The molecule has 3 aromatic rings. The second-order valence-electron chi connectivity index (χ2n) is 8.26. The molecule has 0 radical (unpaired) electrons. The number of amides is 1. The average molecular weight is 432 g/mol. The summed E-state index contributed by atoms with van der Waals surface area (Å²) in [6.45, 7) is 3.43. The summed E-state index contributed by atoms with van der Waals surface area (Å²) < 4.78 is 38.0. The number of nitrogens with two attached hydrogens (primary N) is 1. The number of pyridine rings is 1. The SMILES string of the molecule is Cc1cccc2[nH]c(-c3cncc(C(=O)NCC(F)(F)F)c3N3CC[C@](C)(N)C3)nc12. The first-order valence-electron chi connectivity index (χ1n) is 9.87. The molecule has 1 saturated heterocycles. The van der Waals surface area contributed by atoms with Crippen LogP contribution in [0.2, 0.25) is 0 Å². The third-order valence-electron chi connectivity index (χ3n) is 5.40. The van der Waals surface area contributed by atoms with E-state index in [2.05, 4.69) is 15.0 Å². The third-order valence-corrected chi connectivity index (χ3v) is 5.40. The lowest BCUT2D eigenvalue weighted by Gasteiger charge is -2.25. The van der Waals surface area contributed by atoms with Crippen LogP contribution in [0.3, 0.4) is 0 Å². The van der Waals surface area contributed by atoms with Crippen LogP contribution in [0.4, 0.5) is 18.9 Å². The predicted octanol–water partition coefficient (Wildman–Crippen LogP) is 3.15. The Labute approximate surface area is 176 Å². The van der Waals surface area contributed by atoms with Crippen LogP contribution in [-0.2, 0) is 0 Å². The molecule has 0 saturated carbocycles. The van der Waals surface area contributed by atoms with Crippen LogP contribution < -0.4 is 16.0 Å². The maximum atomic E-state index is 12.7. The number of H-pyrrole nitrogens is 1. The Morgan fingerprint density at radius 2 is 2.13 bits per heavy atom. The summed E-state index contributed by atoms with van der Waals surface area (Å²) in [5.74, 6) is -0.359. The molecular weight excluding hydrogens is 409 g/mol. The number of aryl methyl sites for hydroxylation is 1. The third kappa shape index (κ3) is 4.34. The highest BCUT2D eigenvalue weighted by Gasteiger charge is 2.35. The van der Waals surface area contributed by atoms with E-state index in [1.807, 2.05) is 42.3 Å². The van der Waals surface area contributed by atoms with Gasteiger partial charge in [0.1, 0.15) is 12.4 Å². The number of alkyl halides is 3. The number of fused-ring (bicyclic) bond motifs is 1. The van der Waals surface area contributed by atoms with E-state index in [9.17, 15) is 18.0 Å². The molecule has 0 aliphatic carbocycles. The Morgan fingerprint density at radius 3 is 2.77 bits per heavy atom. The van der Waals surface area contributed by atoms with Gasteiger partial charge in [-0.25, -0.2) is 4.98 Å². The van der Waals surface area contributed by atoms with Crippen LogP contribution >= 0.6 is 0 Å². The predicted molar refractivity (Wildman–Crippen MR) is 112 cm³/mol. The quantitative estimate of drug-likeness (QED) is 0.588. The number of benzene rings is 1. The lowest BCUT2D eigenvalue weighted by atomic mass is 10.0. The zero-order valence-electron chi connectivity index (χ0n) is 17.2. The number of imidazole rings is 1. The number of hydrogen-bond donors (Lipinski definition) is 3. The fourth-order valence-electron chi connectivity index (χ4n) is 3.89. The monoisotopic (exact) mass is 432 g/mol. The van der Waals surface area contributed by atoms with E-state index in [4.69, 9.17) is 5.73 Å². The van der Waals surface area contributed by atoms with Crippen molar-refractivity contribution >= 4 is 22.6 Å². The fourth-order valence-corrected chi connectivity index (χ4v) is 3.89. The molecule has 4 N–H and O–H groups in total. The summed E-state index contributed by atoms with van der Waals surface area (Å²) in [5, 5.41) is 1.95. The van der Waals surface area contributed by atoms with E-state index < -0.39 is 24.2 Å². The minimum Gasteiger partial charge on any atom is -0.368 e. The minimum atomic E-state index is -4.51. The number of anilines is 1. The van der Waals surface area contributed by atoms with Gasteiger partial charge in [-0.1, -0.05) is 12.1 Å². The van der Waals surface area contributed by atoms with Crippen LogP contribution in [0.15, 0.2) is 30.6 Å². The van der Waals surface area contributed by atoms with Crippen molar-refractivity contribution in [3.05, 3.63) is 41.7 Å². The number of aromatic amines is 1. The van der Waals surface area contributed by atoms with Crippen molar-refractivity contribution in [1.82, 2.24) is 20.3 Å². The molecule has 3 heterocycles. The maximum absolute atomic E-state index is 12.7. The van der Waals surface area contributed by atoms with Gasteiger partial charge in [0.25, 0.3) is 5.91 Å². The summed E-state index contributed by atoms with van der Waals surface area (Å²) in [4.78, 5) is 26.7. The number of carbonyl (C=O) groups is 1. The van der Waals surface area contributed by atoms with Crippen LogP contribution in [0.25, 0.3) is 22.4 Å². The van der Waals surface area contributed by atoms with Crippen molar-refractivity contribution in [3.8, 4) is 11.4 Å². The van der Waals surface area contributed by atoms with Gasteiger partial charge in [-0.15, -0.1) is 0 Å². The van der Waals surface area contributed by atoms with Crippen LogP contribution in [0.5, 0.6) is 0 Å². The highest BCUT2D eigenvalue weighted by molar-refractivity contribution is 6.03. The molecule has 1 aliphatic heterocycles. The molecule has 0 bridgehead atoms. The van der Waals surface area contributed by atoms with Gasteiger partial charge in [-0.05, 0) is 31.9 Å². The largest absolute Gasteiger partial charge is 0.405 e. The van der Waals surface area contributed by atoms with Crippen molar-refractivity contribution in [3.63, 3.8) is 0 Å². The van der Waals surface area contributed by atoms with Crippen LogP contribution in [-0.4, -0.2) is 52.2 Å². The molecule has 1 aromatic carbocycles. The van der Waals surface area contributed by atoms with Gasteiger partial charge in [0, 0.05) is 31.0 Å². The molecule has 1 fully saturated rings. The molecule has 10 heteroatoms. The number of nitrogens with zero attached hydrogens (tertiary/aromatic N) is 3. The van der Waals surface area contributed by atoms with Gasteiger partial charge in [0.2, 0.25) is 0 Å². The summed E-state index contributed by atoms with van der Waals surface area (Å²) in [7, 11) is 0. The zero-order valence-corrected chi connectivity index (χ0v) is 17.2. The molecule has 1 amide bonds. The van der Waals surface area contributed by atoms with E-state index >= 15 is 0 Å². The molecule has 2 aromatic heterocycles. The first-order valence-corrected chi connectivity index (χ1v) is 9.87. The van der Waals surface area contributed by atoms with Gasteiger partial charge >= 0.3 is 6.18 Å². The fraction of sp³-hybridized carbons (Fsp3) is 0.381. The first-order chi connectivity index (χ1) is 14.5. The van der Waals surface area contributed by atoms with E-state index in [0.717, 1.165) is 16.6 Å². The molecule has 1 atom stereocenters. The standard InChI is InChI=1S/C21H23F3N6O/c1-12-4-3-5-15-16(12)29-18(28-15)13-8-26-9-14(19(31)27-10-21(22,23)24)17(13)30-7-6-20(2,25)11-30/h3-5,8-9H,6-7,10-11,25H2,1-2H3,(H,27,31)(H,28,29)/t20-/m0/s1. The Hall–Kier alpha value is -3.14. The normalized spacial score (nSPS) is 19.2. The summed E-state index contributed by atoms with van der Waals surface area (Å²) in [5.41, 5.74) is 9.44. The zero-order chi connectivity index (χ0) is 22.4. The number of rotatable bonds is 4. The smallest absolute Gasteiger partial charge is 0.368 e. The van der Waals surface area contributed by atoms with Crippen molar-refractivity contribution in [2.24, 2.45) is 5.73 Å². The van der Waals surface area contributed by atoms with Crippen molar-refractivity contribution in [1.29, 1.82) is 0 Å². The number of nitrogens with one attached hydrogen (secondary N) is 2. The number of halogens is 3. The molecular formula is C21H23F3N6O. The van der Waals surface area contributed by atoms with E-state index in [1.54, 1.807) is 6.20 Å². The maximum Gasteiger partial charge on any atom is 0.405 e. The van der Waals surface area contributed by atoms with Gasteiger partial charge in [0.05, 0.1) is 27.8 Å². The van der Waals surface area contributed by atoms with Crippen LogP contribution in [0, 0.1) is 6.92 Å². The highest BCUT2D eigenvalue weighted by atomic mass is 19.4. The Balaban J connectivity index is 1.82. The highest BCUT2D eigenvalue weighted by Crippen LogP contribution is 2.36. The summed E-state index contributed by atoms with van der Waals surface area (Å²) in [6, 6.07) is 5.73. The van der Waals surface area contributed by atoms with Gasteiger partial charge in [-0.3, -0.25) is 9.78 Å². The van der Waals surface area contributed by atoms with Gasteiger partial charge in [-0.2, -0.15) is 13.2 Å². The molecule has 31 heavy (non-hydrogen) atoms. The van der Waals surface area contributed by atoms with Crippen molar-refractivity contribution < 1.29 is 18.0 Å². The molecule has 0 spiro atoms. The first kappa shape index (κ1) is 21.1. The lowest BCUT2D eigenvalue weighted by molar-refractivity contribution is -0.123. The van der Waals surface area contributed by atoms with Crippen LogP contribution in [0.1, 0.15) is 29.3 Å². The number of carbonyl (C=O) groups excluding carboxylic acids is 1. The molecule has 0 unspecified atom stereocenters. The van der Waals surface area contributed by atoms with Gasteiger partial charge in [0.15, 0.2) is 0 Å². The topological polar surface area (TPSA) is 99.9 Å². The number of hydrogen-bond acceptors (Lipinski definition) is 5. The molecule has 4 rings (SSSR count). The molecule has 7 nitrogen and oxygen atoms in total. The van der Waals surface area contributed by atoms with E-state index in [1.165, 1.54) is 6.20 Å². The lowest BCUT2D eigenvalue weighted by Crippen LogP contribution is -2.40. The van der Waals surface area contributed by atoms with E-state index in [-0.39, 0.29) is 5.56 Å². The molecule has 164 valence electrons. The summed E-state index contributed by atoms with van der Waals surface area (Å²) >= 11 is 0. The average Bonchev–Trinajstić information content (AvgIpc) is 3.29. The second-order valence-corrected chi connectivity index (χ2v) is 8.26. The number of para-hydroxylation sites is 1. The number of aromatic nitrogens is 3. The minimum absolute atomic E-state index is 0.0524. The summed E-state index contributed by atoms with van der Waals surface area (Å²) in [6.07, 6.45) is -0.988. The Morgan fingerprint density at radius 1 is 1.35 bits per heavy atom. The van der Waals surface area contributed by atoms with Gasteiger partial charge < -0.3 is 20.9 Å². The second kappa shape index (κ2) is 7.52. The molecule has 1 aliphatic rings. The van der Waals surface area contributed by atoms with Crippen molar-refractivity contribution in [2.75, 3.05) is 24.5 Å². The van der Waals surface area contributed by atoms with E-state index in [0.29, 0.717) is 36.6 Å². The van der Waals surface area contributed by atoms with Crippen molar-refractivity contribution in [2.45, 2.75) is 32.0 Å². The Kier molecular flexibility index (Phi) is 5.12. The Bertz CT molecular complexity index is 1140.